The Morgan fingerprint density at radius 1 is 0.655 bits per heavy atom. The second kappa shape index (κ2) is 11.8. The van der Waals surface area contributed by atoms with E-state index in [2.05, 4.69) is 0 Å². The summed E-state index contributed by atoms with van der Waals surface area (Å²) in [6.07, 6.45) is -9.27. The van der Waals surface area contributed by atoms with E-state index in [0.29, 0.717) is 13.0 Å². The molecule has 0 unspecified atom stereocenters. The average molecular weight is 425 g/mol. The molecule has 9 N–H and O–H groups in total. The fourth-order valence-electron chi connectivity index (χ4n) is 3.75. The number of hydrogen-bond donors (Lipinski definition) is 8. The number of unbranched alkanes of at least 4 members (excludes halogenated alkanes) is 3. The molecule has 10 atom stereocenters. The minimum absolute atomic E-state index is 0.478. The first kappa shape index (κ1) is 24.8. The standard InChI is InChI=1S/C18H35NO10/c19-6-4-2-1-3-5-9-12(22)15(25)17(11(8-21)27-9)29-18-16(26)14(24)13(23)10(7-20)28-18/h9-18,20-26H,1-8,19H2/t9-,10+,11+,12-,13-,14-,15+,16+,17+,18-/m0/s1. The van der Waals surface area contributed by atoms with E-state index >= 15 is 0 Å². The molecule has 2 rings (SSSR count). The maximum Gasteiger partial charge on any atom is 0.187 e. The molecule has 2 aliphatic rings. The van der Waals surface area contributed by atoms with Gasteiger partial charge in [-0.1, -0.05) is 19.3 Å². The molecule has 172 valence electrons. The minimum atomic E-state index is -1.67. The highest BCUT2D eigenvalue weighted by Crippen LogP contribution is 2.30. The zero-order valence-corrected chi connectivity index (χ0v) is 16.4. The SMILES string of the molecule is NCCCCCC[C@@H]1O[C@H](CO)[C@@H](O[C@@H]2O[C@H](CO)[C@H](O)[C@H](O)[C@H]2O)[C@H](O)[C@H]1O. The number of ether oxygens (including phenoxy) is 3. The summed E-state index contributed by atoms with van der Waals surface area (Å²) in [5, 5.41) is 69.7. The maximum absolute atomic E-state index is 10.5. The quantitative estimate of drug-likeness (QED) is 0.162. The Balaban J connectivity index is 1.98. The first-order valence-electron chi connectivity index (χ1n) is 10.1. The monoisotopic (exact) mass is 425 g/mol. The fourth-order valence-corrected chi connectivity index (χ4v) is 3.75. The predicted octanol–water partition coefficient (Wildman–Crippen LogP) is -3.44. The molecule has 0 aromatic carbocycles. The van der Waals surface area contributed by atoms with Gasteiger partial charge in [-0.2, -0.15) is 0 Å². The van der Waals surface area contributed by atoms with Crippen LogP contribution in [0.15, 0.2) is 0 Å². The molecule has 2 saturated heterocycles. The van der Waals surface area contributed by atoms with E-state index in [1.165, 1.54) is 0 Å². The van der Waals surface area contributed by atoms with Crippen molar-refractivity contribution in [2.75, 3.05) is 19.8 Å². The van der Waals surface area contributed by atoms with Crippen molar-refractivity contribution in [3.8, 4) is 0 Å². The van der Waals surface area contributed by atoms with Crippen LogP contribution >= 0.6 is 0 Å². The highest BCUT2D eigenvalue weighted by molar-refractivity contribution is 4.95. The number of nitrogens with two attached hydrogens (primary N) is 1. The summed E-state index contributed by atoms with van der Waals surface area (Å²) in [4.78, 5) is 0. The number of aliphatic hydroxyl groups excluding tert-OH is 7. The molecular formula is C18H35NO10. The molecule has 0 aromatic rings. The summed E-state index contributed by atoms with van der Waals surface area (Å²) in [5.74, 6) is 0. The summed E-state index contributed by atoms with van der Waals surface area (Å²) in [5.41, 5.74) is 5.45. The lowest BCUT2D eigenvalue weighted by Gasteiger charge is -2.46. The van der Waals surface area contributed by atoms with Crippen molar-refractivity contribution < 1.29 is 50.0 Å². The third kappa shape index (κ3) is 6.05. The van der Waals surface area contributed by atoms with Crippen molar-refractivity contribution in [1.82, 2.24) is 0 Å². The Hall–Kier alpha value is -0.440. The van der Waals surface area contributed by atoms with Crippen molar-refractivity contribution in [3.05, 3.63) is 0 Å². The largest absolute Gasteiger partial charge is 0.394 e. The van der Waals surface area contributed by atoms with Gasteiger partial charge in [0, 0.05) is 0 Å². The minimum Gasteiger partial charge on any atom is -0.394 e. The first-order valence-corrected chi connectivity index (χ1v) is 10.1. The first-order chi connectivity index (χ1) is 13.8. The van der Waals surface area contributed by atoms with Gasteiger partial charge in [0.1, 0.15) is 48.8 Å². The zero-order valence-electron chi connectivity index (χ0n) is 16.4. The Bertz CT molecular complexity index is 468. The molecule has 0 aliphatic carbocycles. The predicted molar refractivity (Wildman–Crippen MR) is 98.5 cm³/mol. The fraction of sp³-hybridized carbons (Fsp3) is 1.00. The van der Waals surface area contributed by atoms with E-state index in [1.807, 2.05) is 0 Å². The second-order valence-electron chi connectivity index (χ2n) is 7.67. The summed E-state index contributed by atoms with van der Waals surface area (Å²) < 4.78 is 16.5. The van der Waals surface area contributed by atoms with Gasteiger partial charge >= 0.3 is 0 Å². The number of aliphatic hydroxyl groups is 7. The Morgan fingerprint density at radius 2 is 1.28 bits per heavy atom. The summed E-state index contributed by atoms with van der Waals surface area (Å²) in [6, 6.07) is 0. The van der Waals surface area contributed by atoms with Gasteiger partial charge in [-0.25, -0.2) is 0 Å². The lowest BCUT2D eigenvalue weighted by Crippen LogP contribution is -2.64. The normalized spacial score (nSPS) is 43.4. The van der Waals surface area contributed by atoms with E-state index in [4.69, 9.17) is 19.9 Å². The Labute approximate surface area is 169 Å². The van der Waals surface area contributed by atoms with Crippen LogP contribution in [0, 0.1) is 0 Å². The molecule has 11 nitrogen and oxygen atoms in total. The smallest absolute Gasteiger partial charge is 0.187 e. The topological polar surface area (TPSA) is 195 Å². The Kier molecular flexibility index (Phi) is 10.1. The molecule has 0 radical (unpaired) electrons. The van der Waals surface area contributed by atoms with E-state index in [9.17, 15) is 35.7 Å². The van der Waals surface area contributed by atoms with Gasteiger partial charge in [0.2, 0.25) is 0 Å². The van der Waals surface area contributed by atoms with Crippen molar-refractivity contribution in [3.63, 3.8) is 0 Å². The number of rotatable bonds is 10. The van der Waals surface area contributed by atoms with Gasteiger partial charge in [-0.15, -0.1) is 0 Å². The molecule has 2 aliphatic heterocycles. The van der Waals surface area contributed by atoms with Gasteiger partial charge in [0.25, 0.3) is 0 Å². The van der Waals surface area contributed by atoms with Crippen molar-refractivity contribution in [2.45, 2.75) is 93.3 Å². The van der Waals surface area contributed by atoms with Crippen LogP contribution in [-0.2, 0) is 14.2 Å². The van der Waals surface area contributed by atoms with Gasteiger partial charge in [0.15, 0.2) is 6.29 Å². The van der Waals surface area contributed by atoms with Crippen LogP contribution in [0.2, 0.25) is 0 Å². The van der Waals surface area contributed by atoms with Gasteiger partial charge in [-0.3, -0.25) is 0 Å². The summed E-state index contributed by atoms with van der Waals surface area (Å²) in [7, 11) is 0. The van der Waals surface area contributed by atoms with Crippen LogP contribution in [0.1, 0.15) is 32.1 Å². The lowest BCUT2D eigenvalue weighted by molar-refractivity contribution is -0.342. The molecule has 2 fully saturated rings. The summed E-state index contributed by atoms with van der Waals surface area (Å²) >= 11 is 0. The molecule has 0 aromatic heterocycles. The van der Waals surface area contributed by atoms with Crippen LogP contribution in [0.5, 0.6) is 0 Å². The van der Waals surface area contributed by atoms with Gasteiger partial charge in [-0.05, 0) is 19.4 Å². The maximum atomic E-state index is 10.5. The molecule has 0 spiro atoms. The lowest BCUT2D eigenvalue weighted by atomic mass is 9.91. The molecule has 11 heteroatoms. The third-order valence-corrected chi connectivity index (χ3v) is 5.55. The van der Waals surface area contributed by atoms with Crippen molar-refractivity contribution in [2.24, 2.45) is 5.73 Å². The van der Waals surface area contributed by atoms with E-state index in [1.54, 1.807) is 0 Å². The third-order valence-electron chi connectivity index (χ3n) is 5.55. The van der Waals surface area contributed by atoms with Crippen molar-refractivity contribution in [1.29, 1.82) is 0 Å². The molecule has 0 amide bonds. The molecular weight excluding hydrogens is 390 g/mol. The zero-order chi connectivity index (χ0) is 21.6. The highest BCUT2D eigenvalue weighted by atomic mass is 16.7. The molecule has 2 heterocycles. The van der Waals surface area contributed by atoms with Gasteiger partial charge in [0.05, 0.1) is 19.3 Å². The van der Waals surface area contributed by atoms with Gasteiger partial charge < -0.3 is 55.7 Å². The second-order valence-corrected chi connectivity index (χ2v) is 7.67. The summed E-state index contributed by atoms with van der Waals surface area (Å²) in [6.45, 7) is -0.535. The number of hydrogen-bond acceptors (Lipinski definition) is 11. The van der Waals surface area contributed by atoms with Crippen LogP contribution in [0.3, 0.4) is 0 Å². The van der Waals surface area contributed by atoms with Crippen LogP contribution in [0.25, 0.3) is 0 Å². The van der Waals surface area contributed by atoms with Crippen molar-refractivity contribution >= 4 is 0 Å². The highest BCUT2D eigenvalue weighted by Gasteiger charge is 2.50. The van der Waals surface area contributed by atoms with Crippen LogP contribution in [0.4, 0.5) is 0 Å². The van der Waals surface area contributed by atoms with E-state index < -0.39 is 74.4 Å². The average Bonchev–Trinajstić information content (AvgIpc) is 2.72. The Morgan fingerprint density at radius 3 is 1.90 bits per heavy atom. The molecule has 0 saturated carbocycles. The molecule has 29 heavy (non-hydrogen) atoms. The van der Waals surface area contributed by atoms with Crippen LogP contribution in [-0.4, -0.2) is 117 Å². The molecule has 0 bridgehead atoms. The van der Waals surface area contributed by atoms with E-state index in [-0.39, 0.29) is 0 Å². The van der Waals surface area contributed by atoms with E-state index in [0.717, 1.165) is 25.7 Å². The van der Waals surface area contributed by atoms with Crippen LogP contribution < -0.4 is 5.73 Å².